The SMILES string of the molecule is CC[N+]1(C2CCC3CCC2C3=O)CCOCC1. The standard InChI is InChI=1S/C14H24NO2/c1-2-15(7-9-17-10-8-15)13-6-4-11-3-5-12(13)14(11)16/h11-13H,2-10H2,1H3/q+1. The lowest BCUT2D eigenvalue weighted by molar-refractivity contribution is -0.959. The molecule has 1 saturated heterocycles. The normalized spacial score (nSPS) is 40.5. The van der Waals surface area contributed by atoms with Gasteiger partial charge in [0.25, 0.3) is 0 Å². The summed E-state index contributed by atoms with van der Waals surface area (Å²) in [5, 5.41) is 0. The molecule has 1 heterocycles. The first kappa shape index (κ1) is 11.7. The second-order valence-corrected chi connectivity index (χ2v) is 6.02. The van der Waals surface area contributed by atoms with E-state index in [1.807, 2.05) is 0 Å². The number of ketones is 1. The number of rotatable bonds is 2. The van der Waals surface area contributed by atoms with Crippen LogP contribution in [-0.4, -0.2) is 49.2 Å². The van der Waals surface area contributed by atoms with Gasteiger partial charge in [-0.05, 0) is 26.2 Å². The Kier molecular flexibility index (Phi) is 2.99. The summed E-state index contributed by atoms with van der Waals surface area (Å²) >= 11 is 0. The van der Waals surface area contributed by atoms with E-state index in [1.165, 1.54) is 19.4 Å². The first-order valence-electron chi connectivity index (χ1n) is 7.24. The maximum atomic E-state index is 12.3. The van der Waals surface area contributed by atoms with Crippen LogP contribution in [0.4, 0.5) is 0 Å². The van der Waals surface area contributed by atoms with Crippen LogP contribution >= 0.6 is 0 Å². The minimum absolute atomic E-state index is 0.381. The molecule has 3 aliphatic rings. The van der Waals surface area contributed by atoms with Gasteiger partial charge in [-0.1, -0.05) is 0 Å². The summed E-state index contributed by atoms with van der Waals surface area (Å²) in [5.74, 6) is 1.40. The van der Waals surface area contributed by atoms with Crippen LogP contribution in [0.25, 0.3) is 0 Å². The maximum absolute atomic E-state index is 12.3. The molecule has 0 aromatic rings. The molecule has 17 heavy (non-hydrogen) atoms. The van der Waals surface area contributed by atoms with E-state index in [2.05, 4.69) is 6.92 Å². The fourth-order valence-electron chi connectivity index (χ4n) is 4.45. The number of ether oxygens (including phenoxy) is 1. The number of carbonyl (C=O) groups excluding carboxylic acids is 1. The number of quaternary nitrogens is 1. The first-order valence-corrected chi connectivity index (χ1v) is 7.24. The van der Waals surface area contributed by atoms with Crippen molar-refractivity contribution in [3.8, 4) is 0 Å². The fraction of sp³-hybridized carbons (Fsp3) is 0.929. The van der Waals surface area contributed by atoms with Gasteiger partial charge in [0.1, 0.15) is 18.9 Å². The molecule has 0 radical (unpaired) electrons. The molecule has 2 saturated carbocycles. The molecular formula is C14H24NO2+. The van der Waals surface area contributed by atoms with Gasteiger partial charge in [0.2, 0.25) is 0 Å². The molecular weight excluding hydrogens is 214 g/mol. The molecule has 3 nitrogen and oxygen atoms in total. The average Bonchev–Trinajstić information content (AvgIpc) is 2.63. The van der Waals surface area contributed by atoms with E-state index in [4.69, 9.17) is 4.74 Å². The Morgan fingerprint density at radius 1 is 1.18 bits per heavy atom. The zero-order chi connectivity index (χ0) is 11.9. The van der Waals surface area contributed by atoms with E-state index in [0.29, 0.717) is 23.7 Å². The van der Waals surface area contributed by atoms with Crippen LogP contribution < -0.4 is 0 Å². The van der Waals surface area contributed by atoms with E-state index in [1.54, 1.807) is 0 Å². The molecule has 2 bridgehead atoms. The van der Waals surface area contributed by atoms with E-state index < -0.39 is 0 Å². The molecule has 0 aromatic heterocycles. The zero-order valence-electron chi connectivity index (χ0n) is 10.9. The lowest BCUT2D eigenvalue weighted by atomic mass is 9.81. The largest absolute Gasteiger partial charge is 0.370 e. The quantitative estimate of drug-likeness (QED) is 0.683. The molecule has 2 aliphatic carbocycles. The summed E-state index contributed by atoms with van der Waals surface area (Å²) in [4.78, 5) is 12.3. The molecule has 3 fully saturated rings. The molecule has 0 aromatic carbocycles. The van der Waals surface area contributed by atoms with Crippen LogP contribution in [0.5, 0.6) is 0 Å². The monoisotopic (exact) mass is 238 g/mol. The van der Waals surface area contributed by atoms with Crippen LogP contribution in [0.1, 0.15) is 32.6 Å². The molecule has 1 aliphatic heterocycles. The number of carbonyl (C=O) groups is 1. The Morgan fingerprint density at radius 2 is 1.88 bits per heavy atom. The number of fused-ring (bicyclic) bond motifs is 2. The highest BCUT2D eigenvalue weighted by Crippen LogP contribution is 2.43. The summed E-state index contributed by atoms with van der Waals surface area (Å²) in [6.45, 7) is 7.47. The first-order chi connectivity index (χ1) is 8.27. The number of hydrogen-bond donors (Lipinski definition) is 0. The molecule has 96 valence electrons. The summed E-state index contributed by atoms with van der Waals surface area (Å²) in [6.07, 6.45) is 4.75. The highest BCUT2D eigenvalue weighted by atomic mass is 16.5. The second kappa shape index (κ2) is 4.36. The number of Topliss-reactive ketones (excluding diaryl/α,β-unsaturated/α-hetero) is 1. The lowest BCUT2D eigenvalue weighted by Crippen LogP contribution is -2.64. The van der Waals surface area contributed by atoms with Gasteiger partial charge in [-0.2, -0.15) is 0 Å². The topological polar surface area (TPSA) is 26.3 Å². The zero-order valence-corrected chi connectivity index (χ0v) is 10.9. The third kappa shape index (κ3) is 1.75. The van der Waals surface area contributed by atoms with Gasteiger partial charge in [-0.3, -0.25) is 4.79 Å². The number of nitrogens with zero attached hydrogens (tertiary/aromatic N) is 1. The highest BCUT2D eigenvalue weighted by molar-refractivity contribution is 5.86. The van der Waals surface area contributed by atoms with Crippen LogP contribution in [0.3, 0.4) is 0 Å². The van der Waals surface area contributed by atoms with E-state index in [0.717, 1.165) is 43.6 Å². The van der Waals surface area contributed by atoms with Crippen LogP contribution in [0.15, 0.2) is 0 Å². The Morgan fingerprint density at radius 3 is 2.59 bits per heavy atom. The van der Waals surface area contributed by atoms with Gasteiger partial charge >= 0.3 is 0 Å². The molecule has 3 rings (SSSR count). The number of morpholine rings is 1. The van der Waals surface area contributed by atoms with Gasteiger partial charge in [0.05, 0.1) is 31.7 Å². The van der Waals surface area contributed by atoms with Crippen molar-refractivity contribution < 1.29 is 14.0 Å². The van der Waals surface area contributed by atoms with Crippen molar-refractivity contribution in [3.63, 3.8) is 0 Å². The molecule has 3 unspecified atom stereocenters. The van der Waals surface area contributed by atoms with Crippen molar-refractivity contribution in [3.05, 3.63) is 0 Å². The van der Waals surface area contributed by atoms with Crippen molar-refractivity contribution in [2.24, 2.45) is 11.8 Å². The number of hydrogen-bond acceptors (Lipinski definition) is 2. The fourth-order valence-corrected chi connectivity index (χ4v) is 4.45. The maximum Gasteiger partial charge on any atom is 0.144 e. The van der Waals surface area contributed by atoms with E-state index in [9.17, 15) is 4.79 Å². The van der Waals surface area contributed by atoms with Crippen molar-refractivity contribution >= 4 is 5.78 Å². The summed E-state index contributed by atoms with van der Waals surface area (Å²) in [5.41, 5.74) is 0. The van der Waals surface area contributed by atoms with Crippen molar-refractivity contribution in [2.45, 2.75) is 38.6 Å². The Labute approximate surface area is 104 Å². The lowest BCUT2D eigenvalue weighted by Gasteiger charge is -2.49. The van der Waals surface area contributed by atoms with Crippen LogP contribution in [-0.2, 0) is 9.53 Å². The van der Waals surface area contributed by atoms with Crippen molar-refractivity contribution in [2.75, 3.05) is 32.8 Å². The van der Waals surface area contributed by atoms with Gasteiger partial charge < -0.3 is 9.22 Å². The smallest absolute Gasteiger partial charge is 0.144 e. The van der Waals surface area contributed by atoms with E-state index in [-0.39, 0.29) is 0 Å². The van der Waals surface area contributed by atoms with Gasteiger partial charge in [-0.15, -0.1) is 0 Å². The Balaban J connectivity index is 1.84. The van der Waals surface area contributed by atoms with Crippen molar-refractivity contribution in [1.82, 2.24) is 0 Å². The van der Waals surface area contributed by atoms with Gasteiger partial charge in [0, 0.05) is 12.3 Å². The Bertz CT molecular complexity index is 309. The van der Waals surface area contributed by atoms with E-state index >= 15 is 0 Å². The third-order valence-electron chi connectivity index (χ3n) is 5.56. The molecule has 0 amide bonds. The predicted molar refractivity (Wildman–Crippen MR) is 65.6 cm³/mol. The summed E-state index contributed by atoms with van der Waals surface area (Å²) in [6, 6.07) is 0.607. The van der Waals surface area contributed by atoms with Gasteiger partial charge in [0.15, 0.2) is 0 Å². The minimum Gasteiger partial charge on any atom is -0.370 e. The van der Waals surface area contributed by atoms with Crippen molar-refractivity contribution in [1.29, 1.82) is 0 Å². The summed E-state index contributed by atoms with van der Waals surface area (Å²) in [7, 11) is 0. The molecule has 3 atom stereocenters. The highest BCUT2D eigenvalue weighted by Gasteiger charge is 2.51. The second-order valence-electron chi connectivity index (χ2n) is 6.02. The van der Waals surface area contributed by atoms with Gasteiger partial charge in [-0.25, -0.2) is 0 Å². The van der Waals surface area contributed by atoms with Crippen LogP contribution in [0, 0.1) is 11.8 Å². The Hall–Kier alpha value is -0.410. The number of likely N-dealkylation sites (N-methyl/N-ethyl adjacent to an activating group) is 1. The molecule has 0 N–H and O–H groups in total. The minimum atomic E-state index is 0.381. The third-order valence-corrected chi connectivity index (χ3v) is 5.56. The average molecular weight is 238 g/mol. The molecule has 0 spiro atoms. The van der Waals surface area contributed by atoms with Crippen LogP contribution in [0.2, 0.25) is 0 Å². The summed E-state index contributed by atoms with van der Waals surface area (Å²) < 4.78 is 6.68. The molecule has 3 heteroatoms. The predicted octanol–water partition coefficient (Wildman–Crippen LogP) is 1.61.